The number of fused-ring (bicyclic) bond motifs is 3. The normalized spacial score (nSPS) is 13.8. The third-order valence-electron chi connectivity index (χ3n) is 7.38. The topological polar surface area (TPSA) is 12.9 Å². The summed E-state index contributed by atoms with van der Waals surface area (Å²) in [5, 5.41) is 7.27. The fourth-order valence-electron chi connectivity index (χ4n) is 5.66. The van der Waals surface area contributed by atoms with Crippen LogP contribution in [0.2, 0.25) is 19.6 Å². The van der Waals surface area contributed by atoms with E-state index in [1.165, 1.54) is 42.6 Å². The first kappa shape index (κ1) is 22.0. The summed E-state index contributed by atoms with van der Waals surface area (Å²) in [6.07, 6.45) is 1.98. The smallest absolute Gasteiger partial charge is 0.180 e. The van der Waals surface area contributed by atoms with Crippen molar-refractivity contribution < 1.29 is 0 Å². The molecule has 4 aromatic carbocycles. The summed E-state index contributed by atoms with van der Waals surface area (Å²) in [6.45, 7) is 7.18. The Bertz CT molecular complexity index is 1480. The molecule has 0 N–H and O–H groups in total. The number of hydrogen-bond donors (Lipinski definition) is 0. The average Bonchev–Trinajstić information content (AvgIpc) is 3.20. The van der Waals surface area contributed by atoms with Gasteiger partial charge in [0, 0.05) is 11.8 Å². The Labute approximate surface area is 210 Å². The van der Waals surface area contributed by atoms with Crippen LogP contribution in [0.3, 0.4) is 0 Å². The van der Waals surface area contributed by atoms with Crippen molar-refractivity contribution in [2.75, 3.05) is 0 Å². The van der Waals surface area contributed by atoms with Crippen molar-refractivity contribution in [1.82, 2.24) is 4.98 Å². The summed E-state index contributed by atoms with van der Waals surface area (Å²) in [5.74, 6) is 0. The minimum atomic E-state index is -2.40. The van der Waals surface area contributed by atoms with Gasteiger partial charge in [0.2, 0.25) is 0 Å². The molecule has 2 heterocycles. The molecule has 0 spiro atoms. The van der Waals surface area contributed by atoms with Gasteiger partial charge in [-0.3, -0.25) is 4.98 Å². The second kappa shape index (κ2) is 8.30. The second-order valence-corrected chi connectivity index (χ2v) is 19.3. The minimum Gasteiger partial charge on any atom is -0.256 e. The third kappa shape index (κ3) is 3.46. The highest BCUT2D eigenvalue weighted by Crippen LogP contribution is 2.31. The van der Waals surface area contributed by atoms with Gasteiger partial charge in [-0.2, -0.15) is 0 Å². The first-order chi connectivity index (χ1) is 17.0. The molecular weight excluding hydrogens is 455 g/mol. The molecule has 0 atom stereocenters. The van der Waals surface area contributed by atoms with Gasteiger partial charge in [-0.1, -0.05) is 122 Å². The molecule has 170 valence electrons. The van der Waals surface area contributed by atoms with Crippen LogP contribution in [0.5, 0.6) is 0 Å². The van der Waals surface area contributed by atoms with Gasteiger partial charge in [-0.05, 0) is 50.1 Å². The zero-order valence-corrected chi connectivity index (χ0v) is 22.5. The number of hydrogen-bond acceptors (Lipinski definition) is 1. The molecule has 1 nitrogen and oxygen atoms in total. The molecule has 0 saturated heterocycles. The molecule has 0 bridgehead atoms. The van der Waals surface area contributed by atoms with E-state index in [9.17, 15) is 0 Å². The zero-order valence-electron chi connectivity index (χ0n) is 20.5. The van der Waals surface area contributed by atoms with Crippen LogP contribution in [0, 0.1) is 0 Å². The number of benzene rings is 4. The lowest BCUT2D eigenvalue weighted by Gasteiger charge is -2.31. The Hall–Kier alpha value is -3.54. The standard InChI is InChI=1S/C32H29NSi2/c1-34(2,3)27-20-21-33-30(23-27)24-18-19-32-29(22-24)28-16-10-11-17-31(28)35(32,25-12-6-4-7-13-25)26-14-8-5-9-15-26/h4-23H,1-3H3. The van der Waals surface area contributed by atoms with Crippen molar-refractivity contribution >= 4 is 42.1 Å². The molecule has 0 saturated carbocycles. The Kier molecular flexibility index (Phi) is 5.20. The summed E-state index contributed by atoms with van der Waals surface area (Å²) in [4.78, 5) is 4.79. The van der Waals surface area contributed by atoms with Gasteiger partial charge >= 0.3 is 0 Å². The van der Waals surface area contributed by atoms with E-state index in [1.807, 2.05) is 6.20 Å². The Morgan fingerprint density at radius 2 is 1.17 bits per heavy atom. The van der Waals surface area contributed by atoms with Crippen molar-refractivity contribution in [1.29, 1.82) is 0 Å². The largest absolute Gasteiger partial charge is 0.256 e. The first-order valence-corrected chi connectivity index (χ1v) is 17.8. The Morgan fingerprint density at radius 3 is 1.83 bits per heavy atom. The van der Waals surface area contributed by atoms with Crippen LogP contribution in [0.4, 0.5) is 0 Å². The average molecular weight is 484 g/mol. The molecule has 0 amide bonds. The van der Waals surface area contributed by atoms with E-state index in [0.29, 0.717) is 0 Å². The van der Waals surface area contributed by atoms with Gasteiger partial charge in [0.25, 0.3) is 0 Å². The van der Waals surface area contributed by atoms with Crippen LogP contribution in [0.15, 0.2) is 121 Å². The van der Waals surface area contributed by atoms with Gasteiger partial charge in [0.1, 0.15) is 0 Å². The van der Waals surface area contributed by atoms with E-state index in [-0.39, 0.29) is 0 Å². The van der Waals surface area contributed by atoms with Gasteiger partial charge in [0.05, 0.1) is 13.8 Å². The van der Waals surface area contributed by atoms with Gasteiger partial charge in [0.15, 0.2) is 8.07 Å². The Morgan fingerprint density at radius 1 is 0.571 bits per heavy atom. The summed E-state index contributed by atoms with van der Waals surface area (Å²) in [5.41, 5.74) is 5.00. The van der Waals surface area contributed by atoms with Crippen LogP contribution in [0.25, 0.3) is 22.4 Å². The number of nitrogens with zero attached hydrogens (tertiary/aromatic N) is 1. The maximum Gasteiger partial charge on any atom is 0.180 e. The molecular formula is C32H29NSi2. The van der Waals surface area contributed by atoms with E-state index < -0.39 is 16.1 Å². The van der Waals surface area contributed by atoms with Gasteiger partial charge in [-0.25, -0.2) is 0 Å². The van der Waals surface area contributed by atoms with Crippen LogP contribution >= 0.6 is 0 Å². The van der Waals surface area contributed by atoms with Crippen molar-refractivity contribution in [2.24, 2.45) is 0 Å². The summed E-state index contributed by atoms with van der Waals surface area (Å²) in [6, 6.07) is 43.0. The predicted molar refractivity (Wildman–Crippen MR) is 155 cm³/mol. The maximum absolute atomic E-state index is 4.79. The fraction of sp³-hybridized carbons (Fsp3) is 0.0938. The lowest BCUT2D eigenvalue weighted by molar-refractivity contribution is 1.33. The highest BCUT2D eigenvalue weighted by molar-refractivity contribution is 7.22. The van der Waals surface area contributed by atoms with Crippen molar-refractivity contribution in [3.8, 4) is 22.4 Å². The van der Waals surface area contributed by atoms with Crippen molar-refractivity contribution in [3.63, 3.8) is 0 Å². The molecule has 0 aliphatic carbocycles. The highest BCUT2D eigenvalue weighted by atomic mass is 28.3. The SMILES string of the molecule is C[Si](C)(C)c1ccnc(-c2ccc3c(c2)-c2ccccc2[Si]3(c2ccccc2)c2ccccc2)c1. The van der Waals surface area contributed by atoms with E-state index >= 15 is 0 Å². The van der Waals surface area contributed by atoms with E-state index in [2.05, 4.69) is 135 Å². The molecule has 0 fully saturated rings. The lowest BCUT2D eigenvalue weighted by atomic mass is 10.0. The maximum atomic E-state index is 4.79. The van der Waals surface area contributed by atoms with Crippen LogP contribution < -0.4 is 25.9 Å². The lowest BCUT2D eigenvalue weighted by Crippen LogP contribution is -2.72. The van der Waals surface area contributed by atoms with E-state index in [0.717, 1.165) is 5.69 Å². The predicted octanol–water partition coefficient (Wildman–Crippen LogP) is 4.65. The third-order valence-corrected chi connectivity index (χ3v) is 14.3. The van der Waals surface area contributed by atoms with Crippen molar-refractivity contribution in [3.05, 3.63) is 121 Å². The molecule has 1 aliphatic heterocycles. The summed E-state index contributed by atoms with van der Waals surface area (Å²) < 4.78 is 0. The second-order valence-electron chi connectivity index (χ2n) is 10.5. The van der Waals surface area contributed by atoms with Gasteiger partial charge < -0.3 is 0 Å². The quantitative estimate of drug-likeness (QED) is 0.333. The first-order valence-electron chi connectivity index (χ1n) is 12.3. The molecule has 5 aromatic rings. The van der Waals surface area contributed by atoms with E-state index in [4.69, 9.17) is 4.98 Å². The van der Waals surface area contributed by atoms with E-state index in [1.54, 1.807) is 0 Å². The van der Waals surface area contributed by atoms with Crippen LogP contribution in [-0.4, -0.2) is 21.1 Å². The molecule has 1 aromatic heterocycles. The van der Waals surface area contributed by atoms with Crippen LogP contribution in [-0.2, 0) is 0 Å². The number of rotatable bonds is 4. The van der Waals surface area contributed by atoms with Crippen LogP contribution in [0.1, 0.15) is 0 Å². The van der Waals surface area contributed by atoms with Crippen molar-refractivity contribution in [2.45, 2.75) is 19.6 Å². The fourth-order valence-corrected chi connectivity index (χ4v) is 12.0. The molecule has 1 aliphatic rings. The molecule has 3 heteroatoms. The Balaban J connectivity index is 1.64. The molecule has 6 rings (SSSR count). The highest BCUT2D eigenvalue weighted by Gasteiger charge is 2.48. The minimum absolute atomic E-state index is 1.07. The van der Waals surface area contributed by atoms with Gasteiger partial charge in [-0.15, -0.1) is 0 Å². The zero-order chi connectivity index (χ0) is 24.0. The molecule has 0 unspecified atom stereocenters. The summed E-state index contributed by atoms with van der Waals surface area (Å²) >= 11 is 0. The summed E-state index contributed by atoms with van der Waals surface area (Å²) in [7, 11) is -3.82. The molecule has 35 heavy (non-hydrogen) atoms. The monoisotopic (exact) mass is 483 g/mol. The molecule has 0 radical (unpaired) electrons. The number of pyridine rings is 1. The number of aromatic nitrogens is 1.